The first-order valence-corrected chi connectivity index (χ1v) is 8.27. The number of thioether (sulfide) groups is 1. The molecule has 23 heavy (non-hydrogen) atoms. The second-order valence-corrected chi connectivity index (χ2v) is 6.70. The van der Waals surface area contributed by atoms with E-state index in [2.05, 4.69) is 5.32 Å². The Bertz CT molecular complexity index is 813. The van der Waals surface area contributed by atoms with Gasteiger partial charge in [0.1, 0.15) is 4.32 Å². The molecule has 3 rings (SSSR count). The van der Waals surface area contributed by atoms with E-state index in [1.165, 1.54) is 6.08 Å². The summed E-state index contributed by atoms with van der Waals surface area (Å²) in [5, 5.41) is 3.10. The smallest absolute Gasteiger partial charge is 0.200 e. The lowest BCUT2D eigenvalue weighted by Crippen LogP contribution is -2.21. The highest BCUT2D eigenvalue weighted by molar-refractivity contribution is 8.26. The predicted octanol–water partition coefficient (Wildman–Crippen LogP) is 3.76. The number of allylic oxidation sites excluding steroid dienone is 2. The van der Waals surface area contributed by atoms with Crippen LogP contribution in [0, 0.1) is 0 Å². The van der Waals surface area contributed by atoms with Gasteiger partial charge < -0.3 is 5.32 Å². The van der Waals surface area contributed by atoms with Gasteiger partial charge in [0.15, 0.2) is 5.78 Å². The predicted molar refractivity (Wildman–Crippen MR) is 96.7 cm³/mol. The Morgan fingerprint density at radius 3 is 2.35 bits per heavy atom. The average Bonchev–Trinajstić information content (AvgIpc) is 2.59. The van der Waals surface area contributed by atoms with E-state index in [0.717, 1.165) is 17.3 Å². The van der Waals surface area contributed by atoms with Crippen LogP contribution in [0.5, 0.6) is 0 Å². The molecular weight excluding hydrogens is 326 g/mol. The lowest BCUT2D eigenvalue weighted by molar-refractivity contribution is 0.0991. The fourth-order valence-electron chi connectivity index (χ4n) is 2.27. The van der Waals surface area contributed by atoms with Crippen molar-refractivity contribution in [2.24, 2.45) is 0 Å². The number of fused-ring (bicyclic) bond motifs is 1. The van der Waals surface area contributed by atoms with E-state index in [-0.39, 0.29) is 11.6 Å². The summed E-state index contributed by atoms with van der Waals surface area (Å²) >= 11 is 6.40. The Morgan fingerprint density at radius 1 is 0.957 bits per heavy atom. The number of hydrogen-bond acceptors (Lipinski definition) is 4. The van der Waals surface area contributed by atoms with Gasteiger partial charge in [0.2, 0.25) is 5.78 Å². The largest absolute Gasteiger partial charge is 0.367 e. The summed E-state index contributed by atoms with van der Waals surface area (Å²) in [5.74, 6) is -0.317. The fraction of sp³-hybridized carbons (Fsp3) is 0.0556. The molecule has 0 radical (unpaired) electrons. The van der Waals surface area contributed by atoms with Crippen molar-refractivity contribution in [2.75, 3.05) is 0 Å². The Kier molecular flexibility index (Phi) is 4.69. The van der Waals surface area contributed by atoms with E-state index >= 15 is 0 Å². The summed E-state index contributed by atoms with van der Waals surface area (Å²) in [6.07, 6.45) is 1.37. The standard InChI is InChI=1S/C18H13NO2S2/c20-15-10-16(17(21)14-9-5-4-8-13(14)15)23-18(22)19-11-12-6-2-1-3-7-12/h1-10H,11H2,(H,19,22). The zero-order valence-electron chi connectivity index (χ0n) is 12.1. The minimum atomic E-state index is -0.159. The van der Waals surface area contributed by atoms with Crippen LogP contribution in [0.15, 0.2) is 65.6 Å². The number of carbonyl (C=O) groups is 2. The van der Waals surface area contributed by atoms with Crippen LogP contribution in [0.1, 0.15) is 26.3 Å². The van der Waals surface area contributed by atoms with Gasteiger partial charge in [0.05, 0.1) is 4.91 Å². The highest BCUT2D eigenvalue weighted by atomic mass is 32.2. The minimum absolute atomic E-state index is 0.158. The third-order valence-corrected chi connectivity index (χ3v) is 4.65. The fourth-order valence-corrected chi connectivity index (χ4v) is 3.33. The number of thiocarbonyl (C=S) groups is 1. The number of benzene rings is 2. The number of hydrogen-bond donors (Lipinski definition) is 1. The molecule has 1 aliphatic rings. The summed E-state index contributed by atoms with van der Waals surface area (Å²) < 4.78 is 0.473. The van der Waals surface area contributed by atoms with Crippen molar-refractivity contribution < 1.29 is 9.59 Å². The van der Waals surface area contributed by atoms with Gasteiger partial charge in [0.25, 0.3) is 0 Å². The van der Waals surface area contributed by atoms with Gasteiger partial charge in [-0.25, -0.2) is 0 Å². The molecule has 0 saturated heterocycles. The van der Waals surface area contributed by atoms with E-state index < -0.39 is 0 Å². The lowest BCUT2D eigenvalue weighted by Gasteiger charge is -2.15. The first-order valence-electron chi connectivity index (χ1n) is 7.04. The molecule has 0 unspecified atom stereocenters. The van der Waals surface area contributed by atoms with E-state index in [1.54, 1.807) is 24.3 Å². The van der Waals surface area contributed by atoms with Crippen molar-refractivity contribution in [1.82, 2.24) is 5.32 Å². The molecule has 0 heterocycles. The molecule has 1 aliphatic carbocycles. The van der Waals surface area contributed by atoms with Crippen molar-refractivity contribution in [3.05, 3.63) is 82.3 Å². The van der Waals surface area contributed by atoms with Crippen LogP contribution in [0.4, 0.5) is 0 Å². The highest BCUT2D eigenvalue weighted by Crippen LogP contribution is 2.28. The molecule has 0 fully saturated rings. The van der Waals surface area contributed by atoms with Crippen LogP contribution in [0.2, 0.25) is 0 Å². The van der Waals surface area contributed by atoms with Crippen molar-refractivity contribution in [2.45, 2.75) is 6.54 Å². The van der Waals surface area contributed by atoms with Gasteiger partial charge in [-0.2, -0.15) is 0 Å². The number of ketones is 2. The van der Waals surface area contributed by atoms with Crippen LogP contribution in [0.3, 0.4) is 0 Å². The lowest BCUT2D eigenvalue weighted by atomic mass is 9.95. The van der Waals surface area contributed by atoms with Crippen molar-refractivity contribution in [1.29, 1.82) is 0 Å². The third-order valence-electron chi connectivity index (χ3n) is 3.41. The zero-order valence-corrected chi connectivity index (χ0v) is 13.7. The first kappa shape index (κ1) is 15.6. The summed E-state index contributed by atoms with van der Waals surface area (Å²) in [6.45, 7) is 0.582. The molecule has 0 aliphatic heterocycles. The van der Waals surface area contributed by atoms with Crippen LogP contribution in [0.25, 0.3) is 0 Å². The third kappa shape index (κ3) is 3.57. The maximum atomic E-state index is 12.4. The van der Waals surface area contributed by atoms with Gasteiger partial charge >= 0.3 is 0 Å². The molecule has 5 heteroatoms. The molecule has 0 atom stereocenters. The number of nitrogens with one attached hydrogen (secondary N) is 1. The molecule has 3 nitrogen and oxygen atoms in total. The van der Waals surface area contributed by atoms with Crippen LogP contribution >= 0.6 is 24.0 Å². The van der Waals surface area contributed by atoms with Crippen LogP contribution in [-0.4, -0.2) is 15.9 Å². The summed E-state index contributed by atoms with van der Waals surface area (Å²) in [7, 11) is 0. The quantitative estimate of drug-likeness (QED) is 0.863. The average molecular weight is 339 g/mol. The van der Waals surface area contributed by atoms with Gasteiger partial charge in [-0.1, -0.05) is 78.6 Å². The molecule has 1 N–H and O–H groups in total. The molecule has 2 aromatic rings. The monoisotopic (exact) mass is 339 g/mol. The summed E-state index contributed by atoms with van der Waals surface area (Å²) in [5.41, 5.74) is 1.99. The van der Waals surface area contributed by atoms with Gasteiger partial charge in [0, 0.05) is 23.7 Å². The maximum Gasteiger partial charge on any atom is 0.200 e. The van der Waals surface area contributed by atoms with E-state index in [4.69, 9.17) is 12.2 Å². The summed E-state index contributed by atoms with van der Waals surface area (Å²) in [6, 6.07) is 16.7. The maximum absolute atomic E-state index is 12.4. The summed E-state index contributed by atoms with van der Waals surface area (Å²) in [4.78, 5) is 24.9. The second-order valence-electron chi connectivity index (χ2n) is 4.98. The van der Waals surface area contributed by atoms with Gasteiger partial charge in [-0.3, -0.25) is 9.59 Å². The number of carbonyl (C=O) groups excluding carboxylic acids is 2. The Hall–Kier alpha value is -2.24. The molecule has 0 spiro atoms. The van der Waals surface area contributed by atoms with Crippen LogP contribution in [-0.2, 0) is 6.54 Å². The van der Waals surface area contributed by atoms with Gasteiger partial charge in [-0.15, -0.1) is 0 Å². The van der Waals surface area contributed by atoms with E-state index in [0.29, 0.717) is 26.9 Å². The Morgan fingerprint density at radius 2 is 1.61 bits per heavy atom. The number of Topliss-reactive ketones (excluding diaryl/α,β-unsaturated/α-hetero) is 1. The Labute approximate surface area is 143 Å². The highest BCUT2D eigenvalue weighted by Gasteiger charge is 2.26. The molecule has 114 valence electrons. The normalized spacial score (nSPS) is 13.3. The molecule has 0 aromatic heterocycles. The topological polar surface area (TPSA) is 46.2 Å². The van der Waals surface area contributed by atoms with Gasteiger partial charge in [-0.05, 0) is 5.56 Å². The molecule has 0 amide bonds. The van der Waals surface area contributed by atoms with E-state index in [1.807, 2.05) is 30.3 Å². The Balaban J connectivity index is 1.67. The second kappa shape index (κ2) is 6.89. The number of rotatable bonds is 3. The SMILES string of the molecule is O=C1C=C(SC(=S)NCc2ccccc2)C(=O)c2ccccc21. The molecule has 0 bridgehead atoms. The molecular formula is C18H13NO2S2. The van der Waals surface area contributed by atoms with Crippen molar-refractivity contribution >= 4 is 39.9 Å². The minimum Gasteiger partial charge on any atom is -0.367 e. The molecule has 0 saturated carbocycles. The van der Waals surface area contributed by atoms with Crippen LogP contribution < -0.4 is 5.32 Å². The van der Waals surface area contributed by atoms with Crippen molar-refractivity contribution in [3.63, 3.8) is 0 Å². The van der Waals surface area contributed by atoms with Crippen molar-refractivity contribution in [3.8, 4) is 0 Å². The molecule has 2 aromatic carbocycles. The van der Waals surface area contributed by atoms with E-state index in [9.17, 15) is 9.59 Å². The zero-order chi connectivity index (χ0) is 16.2. The first-order chi connectivity index (χ1) is 11.1.